The summed E-state index contributed by atoms with van der Waals surface area (Å²) in [6.07, 6.45) is 10.5. The van der Waals surface area contributed by atoms with E-state index in [-0.39, 0.29) is 33.3 Å². The highest BCUT2D eigenvalue weighted by molar-refractivity contribution is 8.17. The number of hydrogen-bond donors (Lipinski definition) is 2. The van der Waals surface area contributed by atoms with Gasteiger partial charge in [0.05, 0.1) is 22.1 Å². The minimum atomic E-state index is -3.95. The molecule has 3 heterocycles. The van der Waals surface area contributed by atoms with Gasteiger partial charge in [0.2, 0.25) is 10.0 Å². The second-order valence-electron chi connectivity index (χ2n) is 14.3. The number of nitrogens with zero attached hydrogens (tertiary/aromatic N) is 1. The van der Waals surface area contributed by atoms with Crippen molar-refractivity contribution in [1.29, 1.82) is 0 Å². The van der Waals surface area contributed by atoms with Gasteiger partial charge in [0, 0.05) is 29.1 Å². The topological polar surface area (TPSA) is 95.9 Å². The van der Waals surface area contributed by atoms with Gasteiger partial charge >= 0.3 is 0 Å². The molecule has 2 aromatic rings. The smallest absolute Gasteiger partial charge is 0.264 e. The van der Waals surface area contributed by atoms with E-state index in [9.17, 15) is 18.3 Å². The van der Waals surface area contributed by atoms with E-state index >= 15 is 0 Å². The van der Waals surface area contributed by atoms with E-state index in [1.807, 2.05) is 54.7 Å². The maximum Gasteiger partial charge on any atom is 0.264 e. The van der Waals surface area contributed by atoms with Gasteiger partial charge in [-0.1, -0.05) is 36.7 Å². The van der Waals surface area contributed by atoms with E-state index in [1.54, 1.807) is 19.1 Å². The number of aliphatic hydroxyl groups is 1. The second-order valence-corrected chi connectivity index (χ2v) is 19.5. The van der Waals surface area contributed by atoms with Crippen molar-refractivity contribution in [3.63, 3.8) is 0 Å². The summed E-state index contributed by atoms with van der Waals surface area (Å²) in [5.74, 6) is 2.18. The van der Waals surface area contributed by atoms with Crippen molar-refractivity contribution in [2.24, 2.45) is 17.8 Å². The molecule has 0 aromatic heterocycles. The van der Waals surface area contributed by atoms with Crippen LogP contribution in [0.3, 0.4) is 0 Å². The molecule has 7 nitrogen and oxygen atoms in total. The Balaban J connectivity index is 1.32. The number of fused-ring (bicyclic) bond motifs is 4. The molecule has 2 N–H and O–H groups in total. The van der Waals surface area contributed by atoms with E-state index in [2.05, 4.69) is 21.8 Å². The number of nitrogens with one attached hydrogen (secondary N) is 1. The number of sulfonamides is 1. The van der Waals surface area contributed by atoms with Crippen LogP contribution in [0.1, 0.15) is 73.9 Å². The van der Waals surface area contributed by atoms with Crippen LogP contribution in [0.15, 0.2) is 48.6 Å². The molecule has 2 bridgehead atoms. The van der Waals surface area contributed by atoms with Gasteiger partial charge in [-0.3, -0.25) is 4.79 Å². The van der Waals surface area contributed by atoms with Crippen LogP contribution in [0.2, 0.25) is 5.02 Å². The molecule has 3 aliphatic heterocycles. The van der Waals surface area contributed by atoms with Crippen molar-refractivity contribution in [3.05, 3.63) is 70.3 Å². The predicted octanol–water partition coefficient (Wildman–Crippen LogP) is 6.81. The van der Waals surface area contributed by atoms with E-state index in [4.69, 9.17) is 16.3 Å². The number of aryl methyl sites for hydroxylation is 1. The fraction of sp³-hybridized carbons (Fsp3) is 0.583. The lowest BCUT2D eigenvalue weighted by atomic mass is 9.64. The van der Waals surface area contributed by atoms with Crippen molar-refractivity contribution >= 4 is 56.7 Å². The first-order valence-electron chi connectivity index (χ1n) is 17.0. The van der Waals surface area contributed by atoms with Gasteiger partial charge in [-0.05, 0) is 123 Å². The maximum atomic E-state index is 13.5. The van der Waals surface area contributed by atoms with Crippen molar-refractivity contribution in [2.75, 3.05) is 36.1 Å². The lowest BCUT2D eigenvalue weighted by Gasteiger charge is -2.51. The number of halogens is 1. The summed E-state index contributed by atoms with van der Waals surface area (Å²) in [6.45, 7) is 5.44. The number of thioether (sulfide) groups is 2. The summed E-state index contributed by atoms with van der Waals surface area (Å²) in [5.41, 5.74) is 2.32. The summed E-state index contributed by atoms with van der Waals surface area (Å²) < 4.78 is 35.9. The molecule has 11 heteroatoms. The molecule has 1 saturated heterocycles. The maximum absolute atomic E-state index is 13.5. The highest BCUT2D eigenvalue weighted by Crippen LogP contribution is 2.53. The Kier molecular flexibility index (Phi) is 9.39. The predicted molar refractivity (Wildman–Crippen MR) is 193 cm³/mol. The van der Waals surface area contributed by atoms with Crippen LogP contribution in [-0.4, -0.2) is 66.1 Å². The molecule has 2 aromatic carbocycles. The van der Waals surface area contributed by atoms with Gasteiger partial charge in [-0.15, -0.1) is 23.5 Å². The first-order chi connectivity index (χ1) is 22.5. The van der Waals surface area contributed by atoms with Crippen LogP contribution in [-0.2, 0) is 21.9 Å². The van der Waals surface area contributed by atoms with Crippen molar-refractivity contribution < 1.29 is 23.1 Å². The molecule has 2 aliphatic carbocycles. The molecule has 0 radical (unpaired) electrons. The Hall–Kier alpha value is -1.85. The fourth-order valence-electron chi connectivity index (χ4n) is 8.32. The fourth-order valence-corrected chi connectivity index (χ4v) is 13.0. The third-order valence-corrected chi connectivity index (χ3v) is 16.8. The lowest BCUT2D eigenvalue weighted by molar-refractivity contribution is -0.0333. The van der Waals surface area contributed by atoms with E-state index in [0.29, 0.717) is 31.9 Å². The third kappa shape index (κ3) is 6.35. The van der Waals surface area contributed by atoms with Gasteiger partial charge < -0.3 is 14.7 Å². The van der Waals surface area contributed by atoms with Crippen molar-refractivity contribution in [1.82, 2.24) is 4.72 Å². The average molecular weight is 717 g/mol. The molecular weight excluding hydrogens is 672 g/mol. The van der Waals surface area contributed by atoms with E-state index < -0.39 is 26.8 Å². The number of rotatable bonds is 1. The van der Waals surface area contributed by atoms with E-state index in [1.165, 1.54) is 11.1 Å². The quantitative estimate of drug-likeness (QED) is 0.311. The van der Waals surface area contributed by atoms with Crippen LogP contribution in [0.4, 0.5) is 5.69 Å². The molecule has 1 spiro atoms. The zero-order valence-corrected chi connectivity index (χ0v) is 30.3. The third-order valence-electron chi connectivity index (χ3n) is 11.4. The number of carbonyl (C=O) groups is 1. The van der Waals surface area contributed by atoms with Crippen molar-refractivity contribution in [3.8, 4) is 5.75 Å². The highest BCUT2D eigenvalue weighted by Gasteiger charge is 2.52. The second kappa shape index (κ2) is 13.1. The number of ether oxygens (including phenoxy) is 1. The minimum Gasteiger partial charge on any atom is -0.490 e. The Morgan fingerprint density at radius 1 is 1.09 bits per heavy atom. The molecule has 5 aliphatic rings. The van der Waals surface area contributed by atoms with Gasteiger partial charge in [0.15, 0.2) is 0 Å². The molecule has 1 saturated carbocycles. The largest absolute Gasteiger partial charge is 0.490 e. The molecule has 1 unspecified atom stereocenters. The number of allylic oxidation sites excluding steroid dienone is 1. The summed E-state index contributed by atoms with van der Waals surface area (Å²) in [5, 5.41) is 12.6. The van der Waals surface area contributed by atoms with Crippen LogP contribution in [0, 0.1) is 17.8 Å². The van der Waals surface area contributed by atoms with Crippen LogP contribution in [0.25, 0.3) is 0 Å². The average Bonchev–Trinajstić information content (AvgIpc) is 3.19. The molecule has 254 valence electrons. The standard InChI is InChI=1S/C36H45ClN2O5S3/c1-23-6-3-15-36(41,34-45-16-5-17-46-34)30-11-8-27(30)20-39-21-35(14-4-7-25-18-28(37)10-12-29(25)35)22-44-32-13-9-26(19-31(32)39)33(40)38-47(42,43)24(23)2/h3,9-10,12-13,15,18-19,23-24,27,30,34,41H,4-8,11,14,16-17,20-22H2,1-2H3,(H,38,40)/b15-3+/t23-,24+,27-,30+,35-,36?/m0/s1. The normalized spacial score (nSPS) is 35.0. The molecule has 6 atom stereocenters. The number of amides is 1. The van der Waals surface area contributed by atoms with Gasteiger partial charge in [-0.2, -0.15) is 0 Å². The van der Waals surface area contributed by atoms with Gasteiger partial charge in [0.1, 0.15) is 11.4 Å². The summed E-state index contributed by atoms with van der Waals surface area (Å²) in [6, 6.07) is 11.5. The molecular formula is C36H45ClN2O5S3. The Morgan fingerprint density at radius 3 is 2.66 bits per heavy atom. The lowest BCUT2D eigenvalue weighted by Crippen LogP contribution is -2.55. The van der Waals surface area contributed by atoms with Gasteiger partial charge in [0.25, 0.3) is 5.91 Å². The molecule has 7 rings (SSSR count). The number of carbonyl (C=O) groups excluding carboxylic acids is 1. The Bertz CT molecular complexity index is 1660. The van der Waals surface area contributed by atoms with Crippen LogP contribution < -0.4 is 14.4 Å². The summed E-state index contributed by atoms with van der Waals surface area (Å²) in [4.78, 5) is 15.9. The molecule has 47 heavy (non-hydrogen) atoms. The highest BCUT2D eigenvalue weighted by atomic mass is 35.5. The zero-order chi connectivity index (χ0) is 33.0. The number of anilines is 1. The monoisotopic (exact) mass is 716 g/mol. The van der Waals surface area contributed by atoms with Crippen molar-refractivity contribution in [2.45, 2.75) is 79.6 Å². The number of hydrogen-bond acceptors (Lipinski definition) is 8. The number of benzene rings is 2. The first kappa shape index (κ1) is 33.6. The molecule has 1 amide bonds. The SMILES string of the molecule is C[C@@H]1[C@@H](C)C/C=C/C(O)(C2SCCCS2)[C@@H]2CC[C@H]2CN2C[C@@]3(CCCc4cc(Cl)ccc43)COc3ccc(cc32)C(=O)NS1(=O)=O. The van der Waals surface area contributed by atoms with Gasteiger partial charge in [-0.25, -0.2) is 13.1 Å². The zero-order valence-electron chi connectivity index (χ0n) is 27.1. The minimum absolute atomic E-state index is 0.0302. The Morgan fingerprint density at radius 2 is 1.89 bits per heavy atom. The Labute approximate surface area is 292 Å². The first-order valence-corrected chi connectivity index (χ1v) is 21.0. The van der Waals surface area contributed by atoms with E-state index in [0.717, 1.165) is 60.7 Å². The van der Waals surface area contributed by atoms with Crippen LogP contribution in [0.5, 0.6) is 5.75 Å². The summed E-state index contributed by atoms with van der Waals surface area (Å²) >= 11 is 10.2. The summed E-state index contributed by atoms with van der Waals surface area (Å²) in [7, 11) is -3.95. The molecule has 2 fully saturated rings. The van der Waals surface area contributed by atoms with Crippen LogP contribution >= 0.6 is 35.1 Å².